The summed E-state index contributed by atoms with van der Waals surface area (Å²) in [5.74, 6) is -0.0302. The van der Waals surface area contributed by atoms with Gasteiger partial charge < -0.3 is 9.84 Å². The molecular weight excluding hydrogens is 373 g/mol. The molecule has 0 fully saturated rings. The molecule has 1 aromatic heterocycles. The summed E-state index contributed by atoms with van der Waals surface area (Å²) in [6.45, 7) is 1.65. The smallest absolute Gasteiger partial charge is 0.261 e. The van der Waals surface area contributed by atoms with E-state index in [9.17, 15) is 4.79 Å². The Morgan fingerprint density at radius 1 is 1.19 bits per heavy atom. The zero-order valence-electron chi connectivity index (χ0n) is 13.7. The molecule has 7 heteroatoms. The summed E-state index contributed by atoms with van der Waals surface area (Å²) in [6.07, 6.45) is 0.314. The number of amides is 1. The van der Waals surface area contributed by atoms with Crippen molar-refractivity contribution >= 4 is 34.8 Å². The van der Waals surface area contributed by atoms with Crippen LogP contribution in [0.25, 0.3) is 11.3 Å². The summed E-state index contributed by atoms with van der Waals surface area (Å²) in [5, 5.41) is 16.2. The summed E-state index contributed by atoms with van der Waals surface area (Å²) in [4.78, 5) is 12.8. The van der Waals surface area contributed by atoms with Gasteiger partial charge in [0.15, 0.2) is 0 Å². The highest BCUT2D eigenvalue weighted by Crippen LogP contribution is 2.36. The first kappa shape index (κ1) is 18.0. The number of halogens is 2. The Morgan fingerprint density at radius 2 is 1.85 bits per heavy atom. The van der Waals surface area contributed by atoms with Crippen LogP contribution >= 0.6 is 23.2 Å². The number of benzene rings is 2. The van der Waals surface area contributed by atoms with Crippen LogP contribution in [0.1, 0.15) is 21.7 Å². The molecule has 130 valence electrons. The Bertz CT molecular complexity index is 984. The number of anilines is 1. The molecular formula is C19H13Cl2N3O2. The SMILES string of the molecule is Cc1onc(-c2c(Cl)cccc2Cl)c1C(=O)Nc1ccc(CC#N)cc1. The number of aryl methyl sites for hydroxylation is 1. The highest BCUT2D eigenvalue weighted by Gasteiger charge is 2.24. The number of nitrogens with one attached hydrogen (secondary N) is 1. The van der Waals surface area contributed by atoms with E-state index in [0.29, 0.717) is 33.5 Å². The topological polar surface area (TPSA) is 78.9 Å². The second kappa shape index (κ2) is 7.61. The molecule has 1 heterocycles. The predicted molar refractivity (Wildman–Crippen MR) is 100 cm³/mol. The molecule has 1 N–H and O–H groups in total. The van der Waals surface area contributed by atoms with E-state index in [1.807, 2.05) is 0 Å². The first-order chi connectivity index (χ1) is 12.5. The molecule has 3 rings (SSSR count). The highest BCUT2D eigenvalue weighted by atomic mass is 35.5. The number of aromatic nitrogens is 1. The Kier molecular flexibility index (Phi) is 5.27. The van der Waals surface area contributed by atoms with E-state index in [-0.39, 0.29) is 17.2 Å². The maximum Gasteiger partial charge on any atom is 0.261 e. The number of carbonyl (C=O) groups is 1. The zero-order chi connectivity index (χ0) is 18.7. The molecule has 0 aliphatic heterocycles. The van der Waals surface area contributed by atoms with Crippen molar-refractivity contribution < 1.29 is 9.32 Å². The van der Waals surface area contributed by atoms with Gasteiger partial charge in [0.25, 0.3) is 5.91 Å². The largest absolute Gasteiger partial charge is 0.360 e. The molecule has 0 aliphatic carbocycles. The molecule has 0 aliphatic rings. The average Bonchev–Trinajstić information content (AvgIpc) is 2.98. The standard InChI is InChI=1S/C19H13Cl2N3O2/c1-11-16(18(24-26-11)17-14(20)3-2-4-15(17)21)19(25)23-13-7-5-12(6-8-13)9-10-22/h2-8H,9H2,1H3,(H,23,25). The lowest BCUT2D eigenvalue weighted by Gasteiger charge is -2.08. The third kappa shape index (κ3) is 3.57. The van der Waals surface area contributed by atoms with Crippen LogP contribution in [0.4, 0.5) is 5.69 Å². The Balaban J connectivity index is 1.94. The van der Waals surface area contributed by atoms with Gasteiger partial charge in [-0.25, -0.2) is 0 Å². The van der Waals surface area contributed by atoms with Crippen LogP contribution in [0, 0.1) is 18.3 Å². The van der Waals surface area contributed by atoms with Gasteiger partial charge in [-0.2, -0.15) is 5.26 Å². The van der Waals surface area contributed by atoms with E-state index in [1.54, 1.807) is 49.4 Å². The molecule has 0 atom stereocenters. The lowest BCUT2D eigenvalue weighted by Crippen LogP contribution is -2.13. The van der Waals surface area contributed by atoms with Gasteiger partial charge >= 0.3 is 0 Å². The first-order valence-electron chi connectivity index (χ1n) is 7.69. The monoisotopic (exact) mass is 385 g/mol. The Hall–Kier alpha value is -2.81. The Morgan fingerprint density at radius 3 is 2.46 bits per heavy atom. The quantitative estimate of drug-likeness (QED) is 0.662. The van der Waals surface area contributed by atoms with Crippen LogP contribution in [0.5, 0.6) is 0 Å². The van der Waals surface area contributed by atoms with Gasteiger partial charge in [-0.1, -0.05) is 46.6 Å². The van der Waals surface area contributed by atoms with Gasteiger partial charge in [0, 0.05) is 11.3 Å². The molecule has 3 aromatic rings. The molecule has 0 spiro atoms. The number of hydrogen-bond donors (Lipinski definition) is 1. The third-order valence-electron chi connectivity index (χ3n) is 3.78. The minimum atomic E-state index is -0.386. The summed E-state index contributed by atoms with van der Waals surface area (Å²) in [5.41, 5.74) is 2.46. The number of nitriles is 1. The molecule has 26 heavy (non-hydrogen) atoms. The van der Waals surface area contributed by atoms with Gasteiger partial charge in [0.05, 0.1) is 22.5 Å². The molecule has 0 bridgehead atoms. The minimum absolute atomic E-state index is 0.265. The molecule has 2 aromatic carbocycles. The fourth-order valence-corrected chi connectivity index (χ4v) is 3.10. The van der Waals surface area contributed by atoms with Gasteiger partial charge in [0.1, 0.15) is 17.0 Å². The number of carbonyl (C=O) groups excluding carboxylic acids is 1. The van der Waals surface area contributed by atoms with Crippen LogP contribution in [0.2, 0.25) is 10.0 Å². The lowest BCUT2D eigenvalue weighted by molar-refractivity contribution is 0.102. The summed E-state index contributed by atoms with van der Waals surface area (Å²) >= 11 is 12.5. The van der Waals surface area contributed by atoms with Crippen LogP contribution < -0.4 is 5.32 Å². The summed E-state index contributed by atoms with van der Waals surface area (Å²) < 4.78 is 5.21. The van der Waals surface area contributed by atoms with Crippen molar-refractivity contribution in [2.45, 2.75) is 13.3 Å². The van der Waals surface area contributed by atoms with Crippen molar-refractivity contribution in [1.29, 1.82) is 5.26 Å². The fourth-order valence-electron chi connectivity index (χ4n) is 2.53. The summed E-state index contributed by atoms with van der Waals surface area (Å²) in [7, 11) is 0. The maximum absolute atomic E-state index is 12.8. The third-order valence-corrected chi connectivity index (χ3v) is 4.41. The van der Waals surface area contributed by atoms with E-state index in [4.69, 9.17) is 33.0 Å². The van der Waals surface area contributed by atoms with Crippen molar-refractivity contribution in [3.8, 4) is 17.3 Å². The van der Waals surface area contributed by atoms with Crippen molar-refractivity contribution in [3.63, 3.8) is 0 Å². The molecule has 0 saturated carbocycles. The van der Waals surface area contributed by atoms with Crippen LogP contribution in [0.3, 0.4) is 0 Å². The van der Waals surface area contributed by atoms with Crippen molar-refractivity contribution in [2.24, 2.45) is 0 Å². The maximum atomic E-state index is 12.8. The molecule has 5 nitrogen and oxygen atoms in total. The molecule has 1 amide bonds. The molecule has 0 unspecified atom stereocenters. The van der Waals surface area contributed by atoms with Crippen molar-refractivity contribution in [3.05, 3.63) is 69.4 Å². The van der Waals surface area contributed by atoms with Crippen molar-refractivity contribution in [1.82, 2.24) is 5.16 Å². The normalized spacial score (nSPS) is 10.4. The van der Waals surface area contributed by atoms with Crippen LogP contribution in [0.15, 0.2) is 47.0 Å². The van der Waals surface area contributed by atoms with E-state index in [0.717, 1.165) is 5.56 Å². The average molecular weight is 386 g/mol. The zero-order valence-corrected chi connectivity index (χ0v) is 15.2. The summed E-state index contributed by atoms with van der Waals surface area (Å²) in [6, 6.07) is 14.2. The minimum Gasteiger partial charge on any atom is -0.360 e. The predicted octanol–water partition coefficient (Wildman–Crippen LogP) is 5.28. The van der Waals surface area contributed by atoms with E-state index in [2.05, 4.69) is 16.5 Å². The van der Waals surface area contributed by atoms with Crippen LogP contribution in [-0.4, -0.2) is 11.1 Å². The second-order valence-corrected chi connectivity index (χ2v) is 6.36. The highest BCUT2D eigenvalue weighted by molar-refractivity contribution is 6.39. The molecule has 0 radical (unpaired) electrons. The van der Waals surface area contributed by atoms with Crippen molar-refractivity contribution in [2.75, 3.05) is 5.32 Å². The van der Waals surface area contributed by atoms with E-state index < -0.39 is 0 Å². The van der Waals surface area contributed by atoms with Gasteiger partial charge in [-0.05, 0) is 36.8 Å². The van der Waals surface area contributed by atoms with Gasteiger partial charge in [-0.15, -0.1) is 0 Å². The number of hydrogen-bond acceptors (Lipinski definition) is 4. The van der Waals surface area contributed by atoms with Gasteiger partial charge in [-0.3, -0.25) is 4.79 Å². The van der Waals surface area contributed by atoms with E-state index >= 15 is 0 Å². The number of nitrogens with zero attached hydrogens (tertiary/aromatic N) is 2. The second-order valence-electron chi connectivity index (χ2n) is 5.54. The van der Waals surface area contributed by atoms with E-state index in [1.165, 1.54) is 0 Å². The first-order valence-corrected chi connectivity index (χ1v) is 8.44. The molecule has 0 saturated heterocycles. The van der Waals surface area contributed by atoms with Crippen LogP contribution in [-0.2, 0) is 6.42 Å². The number of rotatable bonds is 4. The fraction of sp³-hybridized carbons (Fsp3) is 0.105. The Labute approximate surface area is 160 Å². The lowest BCUT2D eigenvalue weighted by atomic mass is 10.1. The van der Waals surface area contributed by atoms with Gasteiger partial charge in [0.2, 0.25) is 0 Å².